The highest BCUT2D eigenvalue weighted by Crippen LogP contribution is 2.43. The van der Waals surface area contributed by atoms with Crippen molar-refractivity contribution in [3.8, 4) is 39.6 Å². The van der Waals surface area contributed by atoms with Crippen molar-refractivity contribution >= 4 is 44.6 Å². The minimum atomic E-state index is -0.149. The molecule has 73 heavy (non-hydrogen) atoms. The lowest BCUT2D eigenvalue weighted by Crippen LogP contribution is -2.17. The molecule has 5 heteroatoms. The Hall–Kier alpha value is -7.11. The van der Waals surface area contributed by atoms with Crippen LogP contribution in [-0.4, -0.2) is 16.6 Å². The van der Waals surface area contributed by atoms with Crippen LogP contribution in [0.4, 0.5) is 22.7 Å². The Labute approximate surface area is 436 Å². The number of rotatable bonds is 9. The first-order chi connectivity index (χ1) is 34.2. The average molecular weight is 965 g/mol. The Bertz CT molecular complexity index is 3450. The van der Waals surface area contributed by atoms with Crippen molar-refractivity contribution in [1.82, 2.24) is 9.55 Å². The predicted octanol–water partition coefficient (Wildman–Crippen LogP) is 19.3. The van der Waals surface area contributed by atoms with E-state index in [2.05, 4.69) is 283 Å². The molecule has 0 fully saturated rings. The minimum Gasteiger partial charge on any atom is -0.457 e. The summed E-state index contributed by atoms with van der Waals surface area (Å²) in [7, 11) is 2.15. The molecular formula is C68H76N4O. The summed E-state index contributed by atoms with van der Waals surface area (Å²) in [6.07, 6.45) is 1.94. The van der Waals surface area contributed by atoms with Crippen molar-refractivity contribution in [3.63, 3.8) is 0 Å². The Kier molecular flexibility index (Phi) is 13.0. The number of aromatic nitrogens is 2. The minimum absolute atomic E-state index is 0.0109. The molecule has 0 aliphatic carbocycles. The smallest absolute Gasteiger partial charge is 0.137 e. The van der Waals surface area contributed by atoms with Crippen molar-refractivity contribution in [2.45, 2.75) is 131 Å². The maximum absolute atomic E-state index is 7.02. The monoisotopic (exact) mass is 965 g/mol. The van der Waals surface area contributed by atoms with Crippen LogP contribution in [0, 0.1) is 0 Å². The third-order valence-electron chi connectivity index (χ3n) is 14.4. The van der Waals surface area contributed by atoms with Gasteiger partial charge in [0.2, 0.25) is 0 Å². The first-order valence-electron chi connectivity index (χ1n) is 26.1. The molecule has 5 nitrogen and oxygen atoms in total. The standard InChI is InChI=1S/C68H76N4O/c1-64(2,3)48-30-31-69-63(41-48)72-61-36-45(44-22-18-17-19-23-44)26-28-57(61)58-29-27-55(43-62(58)72)73-56-40-52(68(13,14)15)39-54(42-56)71(16)60-25-21-20-24-59(60)70-53-35-47(34-51(38-53)67(10,11)12)46-32-49(65(4,5)6)37-50(33-46)66(7,8)9/h17-43,70H,1-16H3. The van der Waals surface area contributed by atoms with Crippen molar-refractivity contribution in [2.75, 3.05) is 17.3 Å². The van der Waals surface area contributed by atoms with E-state index in [9.17, 15) is 0 Å². The second kappa shape index (κ2) is 18.7. The summed E-state index contributed by atoms with van der Waals surface area (Å²) in [5.41, 5.74) is 17.2. The highest BCUT2D eigenvalue weighted by atomic mass is 16.5. The Balaban J connectivity index is 1.11. The van der Waals surface area contributed by atoms with Crippen molar-refractivity contribution in [1.29, 1.82) is 0 Å². The lowest BCUT2D eigenvalue weighted by atomic mass is 9.78. The number of hydrogen-bond acceptors (Lipinski definition) is 4. The normalized spacial score (nSPS) is 12.7. The van der Waals surface area contributed by atoms with Crippen LogP contribution in [0.25, 0.3) is 49.9 Å². The zero-order chi connectivity index (χ0) is 52.4. The van der Waals surface area contributed by atoms with Gasteiger partial charge < -0.3 is 15.0 Å². The van der Waals surface area contributed by atoms with Gasteiger partial charge in [0.1, 0.15) is 17.3 Å². The number of para-hydroxylation sites is 2. The second-order valence-electron chi connectivity index (χ2n) is 25.4. The fourth-order valence-corrected chi connectivity index (χ4v) is 9.66. The number of nitrogens with zero attached hydrogens (tertiary/aromatic N) is 3. The summed E-state index contributed by atoms with van der Waals surface area (Å²) < 4.78 is 9.32. The number of hydrogen-bond donors (Lipinski definition) is 1. The van der Waals surface area contributed by atoms with Gasteiger partial charge in [-0.2, -0.15) is 0 Å². The average Bonchev–Trinajstić information content (AvgIpc) is 3.65. The van der Waals surface area contributed by atoms with Gasteiger partial charge in [0, 0.05) is 47.5 Å². The van der Waals surface area contributed by atoms with E-state index in [0.29, 0.717) is 0 Å². The molecule has 9 aromatic rings. The Morgan fingerprint density at radius 2 is 0.973 bits per heavy atom. The molecule has 0 atom stereocenters. The van der Waals surface area contributed by atoms with Crippen LogP contribution >= 0.6 is 0 Å². The summed E-state index contributed by atoms with van der Waals surface area (Å²) in [6, 6.07) is 57.7. The van der Waals surface area contributed by atoms with Crippen molar-refractivity contribution in [2.24, 2.45) is 0 Å². The topological polar surface area (TPSA) is 42.3 Å². The van der Waals surface area contributed by atoms with Gasteiger partial charge in [-0.15, -0.1) is 0 Å². The van der Waals surface area contributed by atoms with Crippen LogP contribution in [-0.2, 0) is 27.1 Å². The van der Waals surface area contributed by atoms with E-state index in [-0.39, 0.29) is 27.1 Å². The highest BCUT2D eigenvalue weighted by Gasteiger charge is 2.25. The van der Waals surface area contributed by atoms with Crippen LogP contribution in [0.1, 0.15) is 132 Å². The highest BCUT2D eigenvalue weighted by molar-refractivity contribution is 6.10. The molecule has 0 amide bonds. The van der Waals surface area contributed by atoms with E-state index in [0.717, 1.165) is 62.0 Å². The summed E-state index contributed by atoms with van der Waals surface area (Å²) in [4.78, 5) is 7.29. The number of fused-ring (bicyclic) bond motifs is 3. The lowest BCUT2D eigenvalue weighted by Gasteiger charge is -2.28. The van der Waals surface area contributed by atoms with Gasteiger partial charge in [-0.1, -0.05) is 183 Å². The molecule has 0 saturated carbocycles. The molecule has 0 saturated heterocycles. The fourth-order valence-electron chi connectivity index (χ4n) is 9.66. The maximum atomic E-state index is 7.02. The predicted molar refractivity (Wildman–Crippen MR) is 314 cm³/mol. The summed E-state index contributed by atoms with van der Waals surface area (Å²) >= 11 is 0. The van der Waals surface area contributed by atoms with Crippen LogP contribution in [0.5, 0.6) is 11.5 Å². The second-order valence-corrected chi connectivity index (χ2v) is 25.4. The Morgan fingerprint density at radius 1 is 0.425 bits per heavy atom. The molecule has 0 bridgehead atoms. The van der Waals surface area contributed by atoms with Crippen LogP contribution < -0.4 is 15.0 Å². The molecule has 0 spiro atoms. The summed E-state index contributed by atoms with van der Waals surface area (Å²) in [5.74, 6) is 2.41. The number of benzene rings is 7. The molecule has 0 unspecified atom stereocenters. The van der Waals surface area contributed by atoms with Crippen molar-refractivity contribution in [3.05, 3.63) is 192 Å². The van der Waals surface area contributed by atoms with Gasteiger partial charge in [-0.3, -0.25) is 4.57 Å². The molecule has 2 heterocycles. The van der Waals surface area contributed by atoms with Gasteiger partial charge in [-0.05, 0) is 144 Å². The number of nitrogens with one attached hydrogen (secondary N) is 1. The van der Waals surface area contributed by atoms with E-state index < -0.39 is 0 Å². The molecule has 2 aromatic heterocycles. The van der Waals surface area contributed by atoms with Gasteiger partial charge in [0.05, 0.1) is 22.4 Å². The van der Waals surface area contributed by atoms with E-state index in [4.69, 9.17) is 9.72 Å². The van der Waals surface area contributed by atoms with Gasteiger partial charge >= 0.3 is 0 Å². The summed E-state index contributed by atoms with van der Waals surface area (Å²) in [6.45, 7) is 34.3. The molecular weight excluding hydrogens is 889 g/mol. The molecule has 7 aromatic carbocycles. The first kappa shape index (κ1) is 50.8. The largest absolute Gasteiger partial charge is 0.457 e. The summed E-state index contributed by atoms with van der Waals surface area (Å²) in [5, 5.41) is 6.24. The van der Waals surface area contributed by atoms with Gasteiger partial charge in [-0.25, -0.2) is 4.98 Å². The van der Waals surface area contributed by atoms with Gasteiger partial charge in [0.15, 0.2) is 0 Å². The van der Waals surface area contributed by atoms with E-state index in [1.54, 1.807) is 0 Å². The third kappa shape index (κ3) is 10.8. The van der Waals surface area contributed by atoms with E-state index >= 15 is 0 Å². The van der Waals surface area contributed by atoms with Gasteiger partial charge in [0.25, 0.3) is 0 Å². The quantitative estimate of drug-likeness (QED) is 0.157. The first-order valence-corrected chi connectivity index (χ1v) is 26.1. The number of pyridine rings is 1. The SMILES string of the molecule is CN(c1cc(Oc2ccc3c4ccc(-c5ccccc5)cc4n(-c4cc(C(C)(C)C)ccn4)c3c2)cc(C(C)(C)C)c1)c1ccccc1Nc1cc(-c2cc(C(C)(C)C)cc(C(C)(C)C)c2)cc(C(C)(C)C)c1. The molecule has 0 aliphatic heterocycles. The van der Waals surface area contributed by atoms with Crippen LogP contribution in [0.15, 0.2) is 164 Å². The van der Waals surface area contributed by atoms with E-state index in [1.807, 2.05) is 6.20 Å². The molecule has 9 rings (SSSR count). The molecule has 0 radical (unpaired) electrons. The maximum Gasteiger partial charge on any atom is 0.137 e. The van der Waals surface area contributed by atoms with Crippen LogP contribution in [0.2, 0.25) is 0 Å². The lowest BCUT2D eigenvalue weighted by molar-refractivity contribution is 0.479. The fraction of sp³-hybridized carbons (Fsp3) is 0.309. The molecule has 1 N–H and O–H groups in total. The van der Waals surface area contributed by atoms with Crippen LogP contribution in [0.3, 0.4) is 0 Å². The third-order valence-corrected chi connectivity index (χ3v) is 14.4. The number of ether oxygens (including phenoxy) is 1. The zero-order valence-electron chi connectivity index (χ0n) is 46.3. The Morgan fingerprint density at radius 3 is 1.60 bits per heavy atom. The van der Waals surface area contributed by atoms with E-state index in [1.165, 1.54) is 49.9 Å². The molecule has 0 aliphatic rings. The van der Waals surface area contributed by atoms with Crippen molar-refractivity contribution < 1.29 is 4.74 Å². The molecule has 374 valence electrons. The zero-order valence-corrected chi connectivity index (χ0v) is 46.3. The number of anilines is 4.